The molecular formula is C18H21N3O5S. The fourth-order valence-electron chi connectivity index (χ4n) is 4.10. The maximum Gasteiger partial charge on any atom is 0.243 e. The maximum atomic E-state index is 13.0. The Kier molecular flexibility index (Phi) is 4.31. The molecule has 9 heteroatoms. The molecule has 0 bridgehead atoms. The van der Waals surface area contributed by atoms with Gasteiger partial charge < -0.3 is 4.90 Å². The summed E-state index contributed by atoms with van der Waals surface area (Å²) in [5.74, 6) is -0.372. The first-order valence-corrected chi connectivity index (χ1v) is 10.5. The minimum Gasteiger partial charge on any atom is -0.315 e. The van der Waals surface area contributed by atoms with Crippen LogP contribution in [-0.2, 0) is 30.8 Å². The largest absolute Gasteiger partial charge is 0.315 e. The number of hydrogen-bond donors (Lipinski definition) is 0. The number of carbonyl (C=O) groups is 3. The number of imide groups is 1. The maximum absolute atomic E-state index is 13.0. The summed E-state index contributed by atoms with van der Waals surface area (Å²) in [5.41, 5.74) is 1.45. The zero-order chi connectivity index (χ0) is 19.3. The number of fused-ring (bicyclic) bond motifs is 1. The molecule has 3 amide bonds. The Labute approximate surface area is 157 Å². The first-order valence-electron chi connectivity index (χ1n) is 9.03. The Balaban J connectivity index is 1.50. The molecule has 1 aromatic rings. The first-order chi connectivity index (χ1) is 12.8. The van der Waals surface area contributed by atoms with E-state index in [2.05, 4.69) is 0 Å². The average Bonchev–Trinajstić information content (AvgIpc) is 3.13. The molecule has 0 aliphatic carbocycles. The van der Waals surface area contributed by atoms with E-state index in [1.54, 1.807) is 19.2 Å². The molecule has 3 aliphatic rings. The highest BCUT2D eigenvalue weighted by Crippen LogP contribution is 2.32. The highest BCUT2D eigenvalue weighted by molar-refractivity contribution is 7.89. The number of piperidine rings is 1. The van der Waals surface area contributed by atoms with E-state index >= 15 is 0 Å². The predicted molar refractivity (Wildman–Crippen MR) is 96.4 cm³/mol. The fourth-order valence-corrected chi connectivity index (χ4v) is 5.62. The number of likely N-dealkylation sites (tertiary alicyclic amines) is 1. The van der Waals surface area contributed by atoms with Gasteiger partial charge in [0.1, 0.15) is 0 Å². The number of anilines is 1. The molecule has 0 atom stereocenters. The molecule has 3 heterocycles. The second-order valence-corrected chi connectivity index (χ2v) is 9.15. The minimum absolute atomic E-state index is 0.0553. The molecule has 0 spiro atoms. The van der Waals surface area contributed by atoms with Crippen molar-refractivity contribution in [3.05, 3.63) is 23.8 Å². The number of amides is 3. The van der Waals surface area contributed by atoms with E-state index in [1.165, 1.54) is 20.2 Å². The normalized spacial score (nSPS) is 22.0. The molecule has 0 aromatic heterocycles. The summed E-state index contributed by atoms with van der Waals surface area (Å²) >= 11 is 0. The molecule has 1 aromatic carbocycles. The van der Waals surface area contributed by atoms with Gasteiger partial charge in [0, 0.05) is 44.7 Å². The van der Waals surface area contributed by atoms with Crippen LogP contribution < -0.4 is 4.90 Å². The van der Waals surface area contributed by atoms with Gasteiger partial charge in [-0.2, -0.15) is 4.31 Å². The van der Waals surface area contributed by atoms with Crippen molar-refractivity contribution in [1.82, 2.24) is 9.21 Å². The van der Waals surface area contributed by atoms with Crippen LogP contribution in [-0.4, -0.2) is 61.5 Å². The first kappa shape index (κ1) is 18.1. The molecule has 2 fully saturated rings. The Bertz CT molecular complexity index is 918. The summed E-state index contributed by atoms with van der Waals surface area (Å²) in [4.78, 5) is 38.6. The lowest BCUT2D eigenvalue weighted by atomic mass is 10.1. The topological polar surface area (TPSA) is 95.1 Å². The molecule has 144 valence electrons. The van der Waals surface area contributed by atoms with E-state index in [0.717, 1.165) is 5.69 Å². The molecule has 4 rings (SSSR count). The predicted octanol–water partition coefficient (Wildman–Crippen LogP) is 0.508. The third-order valence-corrected chi connectivity index (χ3v) is 7.54. The van der Waals surface area contributed by atoms with Crippen molar-refractivity contribution in [3.8, 4) is 0 Å². The highest BCUT2D eigenvalue weighted by Gasteiger charge is 2.39. The molecule has 0 unspecified atom stereocenters. The minimum atomic E-state index is -3.68. The van der Waals surface area contributed by atoms with Gasteiger partial charge in [-0.3, -0.25) is 19.3 Å². The van der Waals surface area contributed by atoms with E-state index in [0.29, 0.717) is 18.4 Å². The Morgan fingerprint density at radius 1 is 0.963 bits per heavy atom. The molecule has 0 saturated carbocycles. The van der Waals surface area contributed by atoms with Crippen molar-refractivity contribution in [2.75, 3.05) is 25.0 Å². The lowest BCUT2D eigenvalue weighted by Crippen LogP contribution is -2.48. The van der Waals surface area contributed by atoms with E-state index in [9.17, 15) is 22.8 Å². The van der Waals surface area contributed by atoms with Gasteiger partial charge in [-0.05, 0) is 36.6 Å². The van der Waals surface area contributed by atoms with Crippen molar-refractivity contribution in [2.45, 2.75) is 43.0 Å². The van der Waals surface area contributed by atoms with Crippen LogP contribution >= 0.6 is 0 Å². The van der Waals surface area contributed by atoms with E-state index in [-0.39, 0.29) is 61.0 Å². The van der Waals surface area contributed by atoms with E-state index in [1.807, 2.05) is 0 Å². The summed E-state index contributed by atoms with van der Waals surface area (Å²) in [6.07, 6.45) is 1.60. The molecule has 27 heavy (non-hydrogen) atoms. The van der Waals surface area contributed by atoms with Crippen LogP contribution in [0, 0.1) is 0 Å². The molecule has 3 aliphatic heterocycles. The summed E-state index contributed by atoms with van der Waals surface area (Å²) in [6.45, 7) is 0.528. The van der Waals surface area contributed by atoms with Gasteiger partial charge in [0.2, 0.25) is 27.7 Å². The summed E-state index contributed by atoms with van der Waals surface area (Å²) < 4.78 is 27.4. The highest BCUT2D eigenvalue weighted by atomic mass is 32.2. The van der Waals surface area contributed by atoms with Crippen molar-refractivity contribution < 1.29 is 22.8 Å². The number of nitrogens with zero attached hydrogens (tertiary/aromatic N) is 3. The van der Waals surface area contributed by atoms with Gasteiger partial charge in [0.25, 0.3) is 0 Å². The van der Waals surface area contributed by atoms with Crippen LogP contribution in [0.4, 0.5) is 5.69 Å². The zero-order valence-electron chi connectivity index (χ0n) is 15.1. The number of rotatable bonds is 3. The molecular weight excluding hydrogens is 370 g/mol. The van der Waals surface area contributed by atoms with E-state index in [4.69, 9.17) is 0 Å². The third kappa shape index (κ3) is 2.94. The van der Waals surface area contributed by atoms with Crippen LogP contribution in [0.3, 0.4) is 0 Å². The standard InChI is InChI=1S/C18H21N3O5S/c1-19-15-3-2-14(10-12(15)11-18(19)24)27(25,26)20-8-6-13(7-9-20)21-16(22)4-5-17(21)23/h2-3,10,13H,4-9,11H2,1H3. The van der Waals surface area contributed by atoms with Gasteiger partial charge in [-0.1, -0.05) is 0 Å². The second kappa shape index (κ2) is 6.42. The quantitative estimate of drug-likeness (QED) is 0.700. The van der Waals surface area contributed by atoms with Gasteiger partial charge >= 0.3 is 0 Å². The van der Waals surface area contributed by atoms with Crippen LogP contribution in [0.1, 0.15) is 31.2 Å². The van der Waals surface area contributed by atoms with Crippen LogP contribution in [0.15, 0.2) is 23.1 Å². The van der Waals surface area contributed by atoms with Crippen molar-refractivity contribution in [2.24, 2.45) is 0 Å². The Morgan fingerprint density at radius 3 is 2.22 bits per heavy atom. The Hall–Kier alpha value is -2.26. The fraction of sp³-hybridized carbons (Fsp3) is 0.500. The summed E-state index contributed by atoms with van der Waals surface area (Å²) in [7, 11) is -2.00. The number of sulfonamides is 1. The number of benzene rings is 1. The van der Waals surface area contributed by atoms with Crippen LogP contribution in [0.25, 0.3) is 0 Å². The van der Waals surface area contributed by atoms with Gasteiger partial charge in [-0.15, -0.1) is 0 Å². The van der Waals surface area contributed by atoms with Crippen molar-refractivity contribution in [1.29, 1.82) is 0 Å². The zero-order valence-corrected chi connectivity index (χ0v) is 15.9. The molecule has 0 N–H and O–H groups in total. The van der Waals surface area contributed by atoms with Crippen LogP contribution in [0.5, 0.6) is 0 Å². The Morgan fingerprint density at radius 2 is 1.59 bits per heavy atom. The lowest BCUT2D eigenvalue weighted by Gasteiger charge is -2.35. The van der Waals surface area contributed by atoms with Gasteiger partial charge in [0.05, 0.1) is 11.3 Å². The van der Waals surface area contributed by atoms with Crippen molar-refractivity contribution in [3.63, 3.8) is 0 Å². The summed E-state index contributed by atoms with van der Waals surface area (Å²) in [6, 6.07) is 4.56. The number of hydrogen-bond acceptors (Lipinski definition) is 5. The number of carbonyl (C=O) groups excluding carboxylic acids is 3. The number of likely N-dealkylation sites (N-methyl/N-ethyl adjacent to an activating group) is 1. The monoisotopic (exact) mass is 391 g/mol. The summed E-state index contributed by atoms with van der Waals surface area (Å²) in [5, 5.41) is 0. The van der Waals surface area contributed by atoms with Crippen LogP contribution in [0.2, 0.25) is 0 Å². The van der Waals surface area contributed by atoms with Gasteiger partial charge in [0.15, 0.2) is 0 Å². The lowest BCUT2D eigenvalue weighted by molar-refractivity contribution is -0.141. The van der Waals surface area contributed by atoms with Gasteiger partial charge in [-0.25, -0.2) is 8.42 Å². The third-order valence-electron chi connectivity index (χ3n) is 5.64. The van der Waals surface area contributed by atoms with Crippen molar-refractivity contribution >= 4 is 33.4 Å². The SMILES string of the molecule is CN1C(=O)Cc2cc(S(=O)(=O)N3CCC(N4C(=O)CCC4=O)CC3)ccc21. The second-order valence-electron chi connectivity index (χ2n) is 7.21. The average molecular weight is 391 g/mol. The molecule has 2 saturated heterocycles. The molecule has 8 nitrogen and oxygen atoms in total. The smallest absolute Gasteiger partial charge is 0.243 e. The van der Waals surface area contributed by atoms with E-state index < -0.39 is 10.0 Å². The molecule has 0 radical (unpaired) electrons.